The molecule has 0 aromatic heterocycles. The van der Waals surface area contributed by atoms with Crippen LogP contribution in [0.25, 0.3) is 0 Å². The van der Waals surface area contributed by atoms with E-state index in [1.54, 1.807) is 18.2 Å². The first-order valence-electron chi connectivity index (χ1n) is 5.98. The molecule has 0 spiro atoms. The predicted octanol–water partition coefficient (Wildman–Crippen LogP) is 4.91. The molecule has 100 valence electrons. The lowest BCUT2D eigenvalue weighted by Gasteiger charge is -2.12. The van der Waals surface area contributed by atoms with E-state index < -0.39 is 0 Å². The zero-order valence-corrected chi connectivity index (χ0v) is 12.1. The summed E-state index contributed by atoms with van der Waals surface area (Å²) >= 11 is 3.29. The van der Waals surface area contributed by atoms with Gasteiger partial charge in [0.25, 0.3) is 0 Å². The first kappa shape index (κ1) is 13.9. The predicted molar refractivity (Wildman–Crippen MR) is 76.7 cm³/mol. The van der Waals surface area contributed by atoms with Gasteiger partial charge in [-0.2, -0.15) is 0 Å². The topological polar surface area (TPSA) is 18.5 Å². The molecule has 0 aliphatic carbocycles. The van der Waals surface area contributed by atoms with E-state index in [2.05, 4.69) is 15.9 Å². The zero-order chi connectivity index (χ0) is 13.7. The maximum absolute atomic E-state index is 13.9. The number of rotatable bonds is 5. The van der Waals surface area contributed by atoms with Crippen molar-refractivity contribution in [2.75, 3.05) is 6.61 Å². The summed E-state index contributed by atoms with van der Waals surface area (Å²) in [5, 5.41) is 0.611. The molecule has 0 amide bonds. The summed E-state index contributed by atoms with van der Waals surface area (Å²) in [6.07, 6.45) is 0. The molecule has 4 heteroatoms. The lowest BCUT2D eigenvalue weighted by Crippen LogP contribution is -1.96. The van der Waals surface area contributed by atoms with Crippen molar-refractivity contribution >= 4 is 15.9 Å². The van der Waals surface area contributed by atoms with Gasteiger partial charge in [-0.15, -0.1) is 0 Å². The summed E-state index contributed by atoms with van der Waals surface area (Å²) in [7, 11) is 0. The second-order valence-corrected chi connectivity index (χ2v) is 4.44. The molecule has 0 N–H and O–H groups in total. The fraction of sp³-hybridized carbons (Fsp3) is 0.200. The molecule has 0 saturated heterocycles. The molecule has 0 radical (unpaired) electrons. The van der Waals surface area contributed by atoms with Crippen LogP contribution in [0.2, 0.25) is 0 Å². The van der Waals surface area contributed by atoms with E-state index in [-0.39, 0.29) is 11.6 Å². The maximum Gasteiger partial charge on any atom is 0.169 e. The second-order valence-electron chi connectivity index (χ2n) is 3.88. The Morgan fingerprint density at radius 3 is 2.42 bits per heavy atom. The molecule has 0 atom stereocenters. The number of hydrogen-bond acceptors (Lipinski definition) is 2. The third-order valence-electron chi connectivity index (χ3n) is 2.52. The van der Waals surface area contributed by atoms with Crippen LogP contribution in [0.5, 0.6) is 17.2 Å². The van der Waals surface area contributed by atoms with Crippen molar-refractivity contribution in [1.82, 2.24) is 0 Å². The van der Waals surface area contributed by atoms with Crippen molar-refractivity contribution in [3.63, 3.8) is 0 Å². The fourth-order valence-electron chi connectivity index (χ4n) is 1.64. The van der Waals surface area contributed by atoms with E-state index in [4.69, 9.17) is 9.47 Å². The van der Waals surface area contributed by atoms with Gasteiger partial charge in [-0.25, -0.2) is 4.39 Å². The van der Waals surface area contributed by atoms with Gasteiger partial charge in [-0.3, -0.25) is 0 Å². The average Bonchev–Trinajstić information content (AvgIpc) is 2.43. The molecular formula is C15H14BrFO2. The van der Waals surface area contributed by atoms with Gasteiger partial charge >= 0.3 is 0 Å². The smallest absolute Gasteiger partial charge is 0.169 e. The lowest BCUT2D eigenvalue weighted by molar-refractivity contribution is 0.319. The van der Waals surface area contributed by atoms with Gasteiger partial charge in [0, 0.05) is 5.33 Å². The van der Waals surface area contributed by atoms with Gasteiger partial charge in [0.1, 0.15) is 0 Å². The van der Waals surface area contributed by atoms with Gasteiger partial charge in [0.05, 0.1) is 6.61 Å². The fourth-order valence-corrected chi connectivity index (χ4v) is 1.99. The van der Waals surface area contributed by atoms with Crippen LogP contribution in [-0.4, -0.2) is 6.61 Å². The monoisotopic (exact) mass is 324 g/mol. The standard InChI is InChI=1S/C15H14BrFO2/c1-2-18-14-5-3-4-6-15(14)19-13-8-7-11(10-16)9-12(13)17/h3-9H,2,10H2,1H3. The highest BCUT2D eigenvalue weighted by molar-refractivity contribution is 9.08. The summed E-state index contributed by atoms with van der Waals surface area (Å²) in [6.45, 7) is 2.42. The molecule has 19 heavy (non-hydrogen) atoms. The van der Waals surface area contributed by atoms with Gasteiger partial charge in [-0.05, 0) is 36.8 Å². The van der Waals surface area contributed by atoms with Crippen LogP contribution in [0, 0.1) is 5.82 Å². The van der Waals surface area contributed by atoms with Crippen molar-refractivity contribution in [2.45, 2.75) is 12.3 Å². The van der Waals surface area contributed by atoms with Crippen molar-refractivity contribution in [3.05, 3.63) is 53.8 Å². The summed E-state index contributed by atoms with van der Waals surface area (Å²) in [5.74, 6) is 0.920. The third kappa shape index (κ3) is 3.47. The largest absolute Gasteiger partial charge is 0.490 e. The summed E-state index contributed by atoms with van der Waals surface area (Å²) < 4.78 is 24.9. The second kappa shape index (κ2) is 6.57. The quantitative estimate of drug-likeness (QED) is 0.727. The van der Waals surface area contributed by atoms with E-state index in [9.17, 15) is 4.39 Å². The van der Waals surface area contributed by atoms with Crippen molar-refractivity contribution < 1.29 is 13.9 Å². The molecule has 0 heterocycles. The van der Waals surface area contributed by atoms with Crippen LogP contribution in [0.1, 0.15) is 12.5 Å². The Balaban J connectivity index is 2.26. The van der Waals surface area contributed by atoms with Crippen molar-refractivity contribution in [1.29, 1.82) is 0 Å². The molecule has 0 saturated carbocycles. The summed E-state index contributed by atoms with van der Waals surface area (Å²) in [4.78, 5) is 0. The Hall–Kier alpha value is -1.55. The van der Waals surface area contributed by atoms with Crippen LogP contribution < -0.4 is 9.47 Å². The summed E-state index contributed by atoms with van der Waals surface area (Å²) in [6, 6.07) is 12.1. The molecular weight excluding hydrogens is 311 g/mol. The minimum atomic E-state index is -0.386. The molecule has 0 bridgehead atoms. The van der Waals surface area contributed by atoms with Crippen LogP contribution in [-0.2, 0) is 5.33 Å². The molecule has 2 rings (SSSR count). The van der Waals surface area contributed by atoms with E-state index in [1.807, 2.05) is 25.1 Å². The number of ether oxygens (including phenoxy) is 2. The van der Waals surface area contributed by atoms with Crippen LogP contribution >= 0.6 is 15.9 Å². The van der Waals surface area contributed by atoms with E-state index in [0.717, 1.165) is 5.56 Å². The van der Waals surface area contributed by atoms with Crippen molar-refractivity contribution in [2.24, 2.45) is 0 Å². The van der Waals surface area contributed by atoms with Crippen LogP contribution in [0.4, 0.5) is 4.39 Å². The van der Waals surface area contributed by atoms with Crippen molar-refractivity contribution in [3.8, 4) is 17.2 Å². The van der Waals surface area contributed by atoms with Crippen LogP contribution in [0.15, 0.2) is 42.5 Å². The number of hydrogen-bond donors (Lipinski definition) is 0. The van der Waals surface area contributed by atoms with Gasteiger partial charge < -0.3 is 9.47 Å². The Morgan fingerprint density at radius 1 is 1.05 bits per heavy atom. The van der Waals surface area contributed by atoms with Crippen LogP contribution in [0.3, 0.4) is 0 Å². The van der Waals surface area contributed by atoms with Gasteiger partial charge in [0.2, 0.25) is 0 Å². The Bertz CT molecular complexity index is 558. The Morgan fingerprint density at radius 2 is 1.79 bits per heavy atom. The Labute approximate surface area is 120 Å². The molecule has 0 unspecified atom stereocenters. The number of halogens is 2. The molecule has 0 fully saturated rings. The SMILES string of the molecule is CCOc1ccccc1Oc1ccc(CBr)cc1F. The lowest BCUT2D eigenvalue weighted by atomic mass is 10.2. The Kier molecular flexibility index (Phi) is 4.80. The normalized spacial score (nSPS) is 10.3. The highest BCUT2D eigenvalue weighted by Crippen LogP contribution is 2.32. The zero-order valence-electron chi connectivity index (χ0n) is 10.5. The molecule has 0 aliphatic heterocycles. The van der Waals surface area contributed by atoms with E-state index >= 15 is 0 Å². The highest BCUT2D eigenvalue weighted by Gasteiger charge is 2.09. The van der Waals surface area contributed by atoms with E-state index in [1.165, 1.54) is 6.07 Å². The molecule has 0 aliphatic rings. The van der Waals surface area contributed by atoms with E-state index in [0.29, 0.717) is 23.4 Å². The highest BCUT2D eigenvalue weighted by atomic mass is 79.9. The minimum absolute atomic E-state index is 0.192. The van der Waals surface area contributed by atoms with Gasteiger partial charge in [0.15, 0.2) is 23.1 Å². The number of alkyl halides is 1. The molecule has 2 aromatic rings. The average molecular weight is 325 g/mol. The summed E-state index contributed by atoms with van der Waals surface area (Å²) in [5.41, 5.74) is 0.864. The van der Waals surface area contributed by atoms with Gasteiger partial charge in [-0.1, -0.05) is 34.1 Å². The first-order chi connectivity index (χ1) is 9.24. The maximum atomic E-state index is 13.9. The molecule has 2 nitrogen and oxygen atoms in total. The third-order valence-corrected chi connectivity index (χ3v) is 3.17. The number of benzene rings is 2. The first-order valence-corrected chi connectivity index (χ1v) is 7.10. The molecule has 2 aromatic carbocycles. The minimum Gasteiger partial charge on any atom is -0.490 e. The number of para-hydroxylation sites is 2.